The van der Waals surface area contributed by atoms with Crippen LogP contribution in [0.2, 0.25) is 0 Å². The quantitative estimate of drug-likeness (QED) is 0.578. The lowest BCUT2D eigenvalue weighted by atomic mass is 9.86. The average Bonchev–Trinajstić information content (AvgIpc) is 3.24. The number of nitrogens with zero attached hydrogens (tertiary/aromatic N) is 1. The van der Waals surface area contributed by atoms with E-state index in [1.54, 1.807) is 4.90 Å². The first-order valence-corrected chi connectivity index (χ1v) is 8.68. The molecule has 0 unspecified atom stereocenters. The number of hydrogen-bond donors (Lipinski definition) is 1. The summed E-state index contributed by atoms with van der Waals surface area (Å²) < 4.78 is 11.6. The van der Waals surface area contributed by atoms with Crippen LogP contribution >= 0.6 is 0 Å². The second-order valence-corrected chi connectivity index (χ2v) is 6.62. The summed E-state index contributed by atoms with van der Waals surface area (Å²) in [6.07, 6.45) is 9.27. The number of ether oxygens (including phenoxy) is 2. The summed E-state index contributed by atoms with van der Waals surface area (Å²) in [5.41, 5.74) is 0. The van der Waals surface area contributed by atoms with Gasteiger partial charge in [0.2, 0.25) is 6.29 Å². The normalized spacial score (nSPS) is 28.4. The van der Waals surface area contributed by atoms with Gasteiger partial charge in [0.05, 0.1) is 6.61 Å². The van der Waals surface area contributed by atoms with E-state index in [2.05, 4.69) is 6.08 Å². The van der Waals surface area contributed by atoms with Crippen molar-refractivity contribution in [3.63, 3.8) is 0 Å². The Labute approximate surface area is 132 Å². The van der Waals surface area contributed by atoms with Gasteiger partial charge in [-0.1, -0.05) is 12.8 Å². The monoisotopic (exact) mass is 309 g/mol. The van der Waals surface area contributed by atoms with Crippen molar-refractivity contribution < 1.29 is 19.4 Å². The van der Waals surface area contributed by atoms with Gasteiger partial charge in [-0.25, -0.2) is 0 Å². The molecule has 2 aliphatic heterocycles. The summed E-state index contributed by atoms with van der Waals surface area (Å²) in [6, 6.07) is 0. The molecule has 0 spiro atoms. The van der Waals surface area contributed by atoms with Crippen molar-refractivity contribution in [3.8, 4) is 0 Å². The zero-order valence-corrected chi connectivity index (χ0v) is 13.2. The number of amides is 1. The van der Waals surface area contributed by atoms with Crippen LogP contribution in [0.4, 0.5) is 0 Å². The third kappa shape index (κ3) is 4.02. The van der Waals surface area contributed by atoms with Gasteiger partial charge in [0.1, 0.15) is 0 Å². The van der Waals surface area contributed by atoms with E-state index in [-0.39, 0.29) is 18.8 Å². The van der Waals surface area contributed by atoms with Crippen LogP contribution in [-0.4, -0.2) is 48.5 Å². The molecule has 0 aromatic heterocycles. The van der Waals surface area contributed by atoms with E-state index >= 15 is 0 Å². The Kier molecular flexibility index (Phi) is 5.37. The van der Waals surface area contributed by atoms with Gasteiger partial charge in [-0.2, -0.15) is 0 Å². The van der Waals surface area contributed by atoms with E-state index in [4.69, 9.17) is 14.6 Å². The van der Waals surface area contributed by atoms with Gasteiger partial charge in [0.15, 0.2) is 5.76 Å². The molecule has 1 aliphatic carbocycles. The van der Waals surface area contributed by atoms with Crippen LogP contribution in [-0.2, 0) is 14.3 Å². The highest BCUT2D eigenvalue weighted by molar-refractivity contribution is 5.93. The van der Waals surface area contributed by atoms with Gasteiger partial charge in [-0.15, -0.1) is 0 Å². The maximum atomic E-state index is 12.3. The number of hydrogen-bond acceptors (Lipinski definition) is 4. The highest BCUT2D eigenvalue weighted by Gasteiger charge is 2.36. The molecule has 3 rings (SSSR count). The molecule has 1 saturated heterocycles. The molecule has 0 bridgehead atoms. The number of rotatable bonds is 7. The minimum atomic E-state index is -0.312. The van der Waals surface area contributed by atoms with Crippen LogP contribution in [0.3, 0.4) is 0 Å². The van der Waals surface area contributed by atoms with Crippen LogP contribution < -0.4 is 0 Å². The molecule has 5 nitrogen and oxygen atoms in total. The van der Waals surface area contributed by atoms with Crippen LogP contribution in [0.25, 0.3) is 0 Å². The van der Waals surface area contributed by atoms with Gasteiger partial charge in [0, 0.05) is 26.1 Å². The van der Waals surface area contributed by atoms with Crippen molar-refractivity contribution in [2.45, 2.75) is 51.2 Å². The molecule has 1 amide bonds. The first-order valence-electron chi connectivity index (χ1n) is 8.68. The number of aliphatic hydroxyl groups excluding tert-OH is 1. The molecule has 0 aromatic rings. The van der Waals surface area contributed by atoms with Gasteiger partial charge in [-0.05, 0) is 43.6 Å². The standard InChI is InChI=1S/C17H27NO4/c19-9-3-4-10-21-16-12-14(13-5-1-2-6-13)11-15(22-16)17(20)18-7-8-18/h11,13-14,16,19H,1-10,12H2/t14-,16+/m0/s1. The minimum absolute atomic E-state index is 0.0201. The first kappa shape index (κ1) is 15.8. The van der Waals surface area contributed by atoms with Crippen molar-refractivity contribution in [2.24, 2.45) is 11.8 Å². The van der Waals surface area contributed by atoms with E-state index in [0.29, 0.717) is 24.2 Å². The van der Waals surface area contributed by atoms with Crippen LogP contribution in [0.5, 0.6) is 0 Å². The van der Waals surface area contributed by atoms with Crippen molar-refractivity contribution >= 4 is 5.91 Å². The molecule has 2 fully saturated rings. The molecule has 22 heavy (non-hydrogen) atoms. The summed E-state index contributed by atoms with van der Waals surface area (Å²) in [6.45, 7) is 2.46. The molecule has 124 valence electrons. The van der Waals surface area contributed by atoms with Crippen LogP contribution in [0.1, 0.15) is 44.9 Å². The fourth-order valence-electron chi connectivity index (χ4n) is 3.49. The van der Waals surface area contributed by atoms with Gasteiger partial charge in [0.25, 0.3) is 5.91 Å². The van der Waals surface area contributed by atoms with E-state index in [1.165, 1.54) is 25.7 Å². The lowest BCUT2D eigenvalue weighted by molar-refractivity contribution is -0.153. The summed E-state index contributed by atoms with van der Waals surface area (Å²) in [4.78, 5) is 14.1. The molecule has 0 aromatic carbocycles. The summed E-state index contributed by atoms with van der Waals surface area (Å²) in [7, 11) is 0. The van der Waals surface area contributed by atoms with E-state index in [9.17, 15) is 4.79 Å². The molecule has 0 radical (unpaired) electrons. The Bertz CT molecular complexity index is 413. The number of unbranched alkanes of at least 4 members (excludes halogenated alkanes) is 1. The summed E-state index contributed by atoms with van der Waals surface area (Å²) >= 11 is 0. The molecule has 1 N–H and O–H groups in total. The molecular weight excluding hydrogens is 282 g/mol. The topological polar surface area (TPSA) is 58.8 Å². The fourth-order valence-corrected chi connectivity index (χ4v) is 3.49. The Balaban J connectivity index is 1.60. The summed E-state index contributed by atoms with van der Waals surface area (Å²) in [5.74, 6) is 1.59. The maximum absolute atomic E-state index is 12.3. The van der Waals surface area contributed by atoms with Crippen LogP contribution in [0.15, 0.2) is 11.8 Å². The largest absolute Gasteiger partial charge is 0.459 e. The van der Waals surface area contributed by atoms with Gasteiger partial charge >= 0.3 is 0 Å². The zero-order chi connectivity index (χ0) is 15.4. The number of carbonyl (C=O) groups excluding carboxylic acids is 1. The average molecular weight is 309 g/mol. The van der Waals surface area contributed by atoms with E-state index < -0.39 is 0 Å². The first-order chi connectivity index (χ1) is 10.8. The molecular formula is C17H27NO4. The smallest absolute Gasteiger partial charge is 0.288 e. The Hall–Kier alpha value is -1.07. The Morgan fingerprint density at radius 1 is 1.32 bits per heavy atom. The highest BCUT2D eigenvalue weighted by Crippen LogP contribution is 2.38. The lowest BCUT2D eigenvalue weighted by Crippen LogP contribution is -2.32. The molecule has 3 aliphatic rings. The third-order valence-corrected chi connectivity index (χ3v) is 4.90. The van der Waals surface area contributed by atoms with E-state index in [1.807, 2.05) is 0 Å². The van der Waals surface area contributed by atoms with Crippen LogP contribution in [0, 0.1) is 11.8 Å². The molecule has 1 saturated carbocycles. The fraction of sp³-hybridized carbons (Fsp3) is 0.824. The number of aliphatic hydroxyl groups is 1. The number of carbonyl (C=O) groups is 1. The SMILES string of the molecule is O=C(C1=C[C@H](C2CCCC2)C[C@H](OCCCCO)O1)N1CC1. The van der Waals surface area contributed by atoms with Crippen molar-refractivity contribution in [1.82, 2.24) is 4.90 Å². The zero-order valence-electron chi connectivity index (χ0n) is 13.2. The molecule has 5 heteroatoms. The predicted molar refractivity (Wildman–Crippen MR) is 81.9 cm³/mol. The predicted octanol–water partition coefficient (Wildman–Crippen LogP) is 2.05. The highest BCUT2D eigenvalue weighted by atomic mass is 16.7. The third-order valence-electron chi connectivity index (χ3n) is 4.90. The number of allylic oxidation sites excluding steroid dienone is 1. The Morgan fingerprint density at radius 2 is 2.09 bits per heavy atom. The minimum Gasteiger partial charge on any atom is -0.459 e. The lowest BCUT2D eigenvalue weighted by Gasteiger charge is -2.32. The second kappa shape index (κ2) is 7.47. The Morgan fingerprint density at radius 3 is 2.77 bits per heavy atom. The molecule has 2 atom stereocenters. The molecule has 2 heterocycles. The van der Waals surface area contributed by atoms with Gasteiger partial charge in [-0.3, -0.25) is 4.79 Å². The summed E-state index contributed by atoms with van der Waals surface area (Å²) in [5, 5.41) is 8.83. The maximum Gasteiger partial charge on any atom is 0.288 e. The van der Waals surface area contributed by atoms with Crippen molar-refractivity contribution in [2.75, 3.05) is 26.3 Å². The van der Waals surface area contributed by atoms with Gasteiger partial charge < -0.3 is 19.5 Å². The van der Waals surface area contributed by atoms with Crippen molar-refractivity contribution in [3.05, 3.63) is 11.8 Å². The van der Waals surface area contributed by atoms with Crippen molar-refractivity contribution in [1.29, 1.82) is 0 Å². The second-order valence-electron chi connectivity index (χ2n) is 6.62. The van der Waals surface area contributed by atoms with E-state index in [0.717, 1.165) is 32.4 Å².